The summed E-state index contributed by atoms with van der Waals surface area (Å²) in [5.74, 6) is 1.13. The number of nitro benzene ring substituents is 1. The van der Waals surface area contributed by atoms with Crippen molar-refractivity contribution in [2.45, 2.75) is 12.7 Å². The van der Waals surface area contributed by atoms with E-state index in [0.29, 0.717) is 22.5 Å². The minimum atomic E-state index is -1.01. The van der Waals surface area contributed by atoms with Crippen molar-refractivity contribution >= 4 is 32.4 Å². The SMILES string of the molecule is CC(CN)CS(=O)Cc1ccc([N+](=O)[O-])cc1Br. The van der Waals surface area contributed by atoms with Gasteiger partial charge in [-0.1, -0.05) is 28.9 Å². The van der Waals surface area contributed by atoms with Crippen molar-refractivity contribution in [3.63, 3.8) is 0 Å². The first kappa shape index (κ1) is 15.3. The van der Waals surface area contributed by atoms with E-state index in [1.807, 2.05) is 6.92 Å². The summed E-state index contributed by atoms with van der Waals surface area (Å²) in [6.07, 6.45) is 0. The van der Waals surface area contributed by atoms with Gasteiger partial charge in [-0.2, -0.15) is 0 Å². The number of rotatable bonds is 6. The van der Waals surface area contributed by atoms with Crippen molar-refractivity contribution in [3.8, 4) is 0 Å². The Morgan fingerprint density at radius 2 is 2.22 bits per heavy atom. The third kappa shape index (κ3) is 4.47. The third-order valence-electron chi connectivity index (χ3n) is 2.44. The monoisotopic (exact) mass is 334 g/mol. The second-order valence-corrected chi connectivity index (χ2v) is 6.48. The molecule has 2 atom stereocenters. The fourth-order valence-corrected chi connectivity index (χ4v) is 3.56. The van der Waals surface area contributed by atoms with Gasteiger partial charge in [0, 0.05) is 38.9 Å². The summed E-state index contributed by atoms with van der Waals surface area (Å²) in [4.78, 5) is 10.1. The molecule has 0 aliphatic carbocycles. The lowest BCUT2D eigenvalue weighted by atomic mass is 10.2. The van der Waals surface area contributed by atoms with Crippen molar-refractivity contribution in [2.75, 3.05) is 12.3 Å². The highest BCUT2D eigenvalue weighted by molar-refractivity contribution is 9.10. The molecule has 0 aliphatic rings. The lowest BCUT2D eigenvalue weighted by molar-refractivity contribution is -0.384. The summed E-state index contributed by atoms with van der Waals surface area (Å²) in [6, 6.07) is 4.48. The van der Waals surface area contributed by atoms with Gasteiger partial charge in [-0.05, 0) is 18.0 Å². The van der Waals surface area contributed by atoms with Crippen LogP contribution in [0.1, 0.15) is 12.5 Å². The van der Waals surface area contributed by atoms with Gasteiger partial charge in [0.05, 0.1) is 4.92 Å². The van der Waals surface area contributed by atoms with Crippen molar-refractivity contribution in [1.82, 2.24) is 0 Å². The largest absolute Gasteiger partial charge is 0.330 e. The molecule has 2 unspecified atom stereocenters. The fraction of sp³-hybridized carbons (Fsp3) is 0.455. The predicted octanol–water partition coefficient (Wildman–Crippen LogP) is 2.20. The van der Waals surface area contributed by atoms with Crippen molar-refractivity contribution in [2.24, 2.45) is 11.7 Å². The van der Waals surface area contributed by atoms with Gasteiger partial charge in [-0.15, -0.1) is 0 Å². The van der Waals surface area contributed by atoms with E-state index in [-0.39, 0.29) is 11.6 Å². The molecule has 0 aromatic heterocycles. The van der Waals surface area contributed by atoms with Crippen LogP contribution in [0.25, 0.3) is 0 Å². The molecule has 5 nitrogen and oxygen atoms in total. The number of benzene rings is 1. The molecule has 0 saturated heterocycles. The van der Waals surface area contributed by atoms with Gasteiger partial charge in [0.15, 0.2) is 0 Å². The molecule has 1 aromatic carbocycles. The number of nitro groups is 1. The Morgan fingerprint density at radius 1 is 1.56 bits per heavy atom. The number of non-ortho nitro benzene ring substituents is 1. The van der Waals surface area contributed by atoms with Gasteiger partial charge < -0.3 is 5.73 Å². The van der Waals surface area contributed by atoms with E-state index < -0.39 is 15.7 Å². The van der Waals surface area contributed by atoms with E-state index >= 15 is 0 Å². The first-order valence-corrected chi connectivity index (χ1v) is 7.70. The van der Waals surface area contributed by atoms with E-state index in [0.717, 1.165) is 5.56 Å². The molecule has 0 aliphatic heterocycles. The fourth-order valence-electron chi connectivity index (χ4n) is 1.38. The zero-order valence-electron chi connectivity index (χ0n) is 9.97. The van der Waals surface area contributed by atoms with E-state index in [4.69, 9.17) is 5.73 Å². The van der Waals surface area contributed by atoms with Crippen LogP contribution in [0.2, 0.25) is 0 Å². The second kappa shape index (κ2) is 6.96. The Hall–Kier alpha value is -0.790. The minimum Gasteiger partial charge on any atom is -0.330 e. The third-order valence-corrected chi connectivity index (χ3v) is 4.75. The summed E-state index contributed by atoms with van der Waals surface area (Å²) in [5.41, 5.74) is 6.31. The second-order valence-electron chi connectivity index (χ2n) is 4.12. The Labute approximate surface area is 116 Å². The van der Waals surface area contributed by atoms with E-state index in [1.165, 1.54) is 12.1 Å². The maximum absolute atomic E-state index is 11.9. The highest BCUT2D eigenvalue weighted by Gasteiger charge is 2.12. The molecule has 1 rings (SSSR count). The van der Waals surface area contributed by atoms with Crippen LogP contribution in [0.3, 0.4) is 0 Å². The Balaban J connectivity index is 2.74. The van der Waals surface area contributed by atoms with Crippen molar-refractivity contribution < 1.29 is 9.13 Å². The standard InChI is InChI=1S/C11H15BrN2O3S/c1-8(5-13)6-18(17)7-9-2-3-10(14(15)16)4-11(9)12/h2-4,8H,5-7,13H2,1H3. The zero-order valence-corrected chi connectivity index (χ0v) is 12.4. The topological polar surface area (TPSA) is 86.2 Å². The summed E-state index contributed by atoms with van der Waals surface area (Å²) < 4.78 is 12.5. The molecule has 18 heavy (non-hydrogen) atoms. The quantitative estimate of drug-likeness (QED) is 0.638. The van der Waals surface area contributed by atoms with Crippen LogP contribution >= 0.6 is 15.9 Å². The van der Waals surface area contributed by atoms with Gasteiger partial charge in [0.2, 0.25) is 0 Å². The first-order valence-electron chi connectivity index (χ1n) is 5.42. The molecule has 0 spiro atoms. The molecule has 0 amide bonds. The molecular weight excluding hydrogens is 320 g/mol. The van der Waals surface area contributed by atoms with E-state index in [9.17, 15) is 14.3 Å². The van der Waals surface area contributed by atoms with Gasteiger partial charge in [-0.25, -0.2) is 0 Å². The van der Waals surface area contributed by atoms with Crippen molar-refractivity contribution in [1.29, 1.82) is 0 Å². The van der Waals surface area contributed by atoms with Gasteiger partial charge >= 0.3 is 0 Å². The number of hydrogen-bond donors (Lipinski definition) is 1. The Morgan fingerprint density at radius 3 is 2.72 bits per heavy atom. The number of hydrogen-bond acceptors (Lipinski definition) is 4. The Bertz CT molecular complexity index is 468. The average molecular weight is 335 g/mol. The van der Waals surface area contributed by atoms with Crippen LogP contribution in [0.4, 0.5) is 5.69 Å². The van der Waals surface area contributed by atoms with Gasteiger partial charge in [0.1, 0.15) is 0 Å². The van der Waals surface area contributed by atoms with E-state index in [1.54, 1.807) is 6.07 Å². The number of nitrogens with zero attached hydrogens (tertiary/aromatic N) is 1. The molecule has 0 radical (unpaired) electrons. The lowest BCUT2D eigenvalue weighted by Crippen LogP contribution is -2.18. The highest BCUT2D eigenvalue weighted by atomic mass is 79.9. The maximum Gasteiger partial charge on any atom is 0.270 e. The number of halogens is 1. The van der Waals surface area contributed by atoms with Gasteiger partial charge in [-0.3, -0.25) is 14.3 Å². The Kier molecular flexibility index (Phi) is 5.90. The molecular formula is C11H15BrN2O3S. The molecule has 100 valence electrons. The minimum absolute atomic E-state index is 0.0201. The molecule has 7 heteroatoms. The average Bonchev–Trinajstić information content (AvgIpc) is 2.31. The van der Waals surface area contributed by atoms with E-state index in [2.05, 4.69) is 15.9 Å². The van der Waals surface area contributed by atoms with Crippen LogP contribution in [-0.4, -0.2) is 21.4 Å². The zero-order chi connectivity index (χ0) is 13.7. The molecule has 0 bridgehead atoms. The first-order chi connectivity index (χ1) is 8.43. The normalized spacial score (nSPS) is 14.2. The van der Waals surface area contributed by atoms with Crippen molar-refractivity contribution in [3.05, 3.63) is 38.3 Å². The highest BCUT2D eigenvalue weighted by Crippen LogP contribution is 2.24. The summed E-state index contributed by atoms with van der Waals surface area (Å²) >= 11 is 3.26. The van der Waals surface area contributed by atoms with Crippen LogP contribution in [0.5, 0.6) is 0 Å². The smallest absolute Gasteiger partial charge is 0.270 e. The summed E-state index contributed by atoms with van der Waals surface area (Å²) in [5, 5.41) is 10.6. The molecule has 0 saturated carbocycles. The molecule has 1 aromatic rings. The lowest BCUT2D eigenvalue weighted by Gasteiger charge is -2.09. The molecule has 0 heterocycles. The van der Waals surface area contributed by atoms with Crippen LogP contribution in [-0.2, 0) is 16.6 Å². The summed E-state index contributed by atoms with van der Waals surface area (Å²) in [6.45, 7) is 2.45. The van der Waals surface area contributed by atoms with Crippen LogP contribution in [0.15, 0.2) is 22.7 Å². The number of nitrogens with two attached hydrogens (primary N) is 1. The predicted molar refractivity (Wildman–Crippen MR) is 75.7 cm³/mol. The van der Waals surface area contributed by atoms with Gasteiger partial charge in [0.25, 0.3) is 5.69 Å². The maximum atomic E-state index is 11.9. The van der Waals surface area contributed by atoms with Crippen LogP contribution in [0, 0.1) is 16.0 Å². The summed E-state index contributed by atoms with van der Waals surface area (Å²) in [7, 11) is -1.01. The molecule has 0 fully saturated rings. The van der Waals surface area contributed by atoms with Crippen LogP contribution < -0.4 is 5.73 Å². The molecule has 2 N–H and O–H groups in total.